The van der Waals surface area contributed by atoms with Gasteiger partial charge in [0.25, 0.3) is 0 Å². The van der Waals surface area contributed by atoms with Crippen LogP contribution in [0.25, 0.3) is 0 Å². The fourth-order valence-electron chi connectivity index (χ4n) is 0.817. The van der Waals surface area contributed by atoms with Crippen LogP contribution in [0.4, 0.5) is 0 Å². The molecule has 0 bridgehead atoms. The average molecular weight is 179 g/mol. The Kier molecular flexibility index (Phi) is 5.06. The van der Waals surface area contributed by atoms with Crippen molar-refractivity contribution >= 4 is 10.5 Å². The minimum absolute atomic E-state index is 0.202. The molecule has 1 N–H and O–H groups in total. The number of nitrogens with zero attached hydrogens (tertiary/aromatic N) is 1. The summed E-state index contributed by atoms with van der Waals surface area (Å²) < 4.78 is 23.4. The quantitative estimate of drug-likeness (QED) is 0.681. The summed E-state index contributed by atoms with van der Waals surface area (Å²) in [5, 5.41) is 8.66. The van der Waals surface area contributed by atoms with Gasteiger partial charge in [-0.3, -0.25) is 0 Å². The Balaban J connectivity index is 4.08. The van der Waals surface area contributed by atoms with E-state index in [0.29, 0.717) is 12.3 Å². The highest BCUT2D eigenvalue weighted by Crippen LogP contribution is 2.06. The van der Waals surface area contributed by atoms with Crippen LogP contribution in [0.5, 0.6) is 0 Å². The molecule has 0 aromatic heterocycles. The van der Waals surface area contributed by atoms with Crippen molar-refractivity contribution < 1.29 is 13.5 Å². The zero-order valence-corrected chi connectivity index (χ0v) is 7.50. The Morgan fingerprint density at radius 1 is 1.45 bits per heavy atom. The van der Waals surface area contributed by atoms with Gasteiger partial charge in [0.2, 0.25) is 0 Å². The molecule has 5 heteroatoms. The fourth-order valence-corrected chi connectivity index (χ4v) is 1.21. The first-order valence-corrected chi connectivity index (χ1v) is 4.50. The van der Waals surface area contributed by atoms with E-state index in [0.717, 1.165) is 0 Å². The van der Waals surface area contributed by atoms with E-state index >= 15 is 0 Å². The van der Waals surface area contributed by atoms with Gasteiger partial charge in [-0.2, -0.15) is 12.8 Å². The molecule has 0 rings (SSSR count). The second-order valence-electron chi connectivity index (χ2n) is 2.79. The summed E-state index contributed by atoms with van der Waals surface area (Å²) in [5.74, 6) is 0.347. The Morgan fingerprint density at radius 3 is 2.27 bits per heavy atom. The molecule has 66 valence electrons. The molecule has 0 saturated carbocycles. The van der Waals surface area contributed by atoms with Gasteiger partial charge in [-0.25, -0.2) is 0 Å². The Labute approximate surface area is 68.0 Å². The molecule has 0 radical (unpaired) electrons. The summed E-state index contributed by atoms with van der Waals surface area (Å²) >= 11 is 0. The molecule has 1 atom stereocenters. The van der Waals surface area contributed by atoms with Crippen molar-refractivity contribution in [1.29, 1.82) is 0 Å². The predicted molar refractivity (Wildman–Crippen MR) is 41.7 cm³/mol. The van der Waals surface area contributed by atoms with E-state index in [-0.39, 0.29) is 6.61 Å². The van der Waals surface area contributed by atoms with Crippen LogP contribution in [0.15, 0.2) is 4.36 Å². The van der Waals surface area contributed by atoms with Crippen LogP contribution in [0, 0.1) is 5.92 Å². The van der Waals surface area contributed by atoms with E-state index in [2.05, 4.69) is 4.36 Å². The Bertz CT molecular complexity index is 212. The summed E-state index contributed by atoms with van der Waals surface area (Å²) in [5.41, 5.74) is 0. The van der Waals surface area contributed by atoms with E-state index in [1.54, 1.807) is 0 Å². The molecule has 0 aliphatic carbocycles. The summed E-state index contributed by atoms with van der Waals surface area (Å²) in [4.78, 5) is 0. The number of rotatable bonds is 4. The van der Waals surface area contributed by atoms with Crippen molar-refractivity contribution in [3.05, 3.63) is 0 Å². The van der Waals surface area contributed by atoms with Crippen LogP contribution in [-0.2, 0) is 10.5 Å². The zero-order chi connectivity index (χ0) is 8.85. The number of hydrogen-bond acceptors (Lipinski definition) is 4. The highest BCUT2D eigenvalue weighted by atomic mass is 32.2. The maximum atomic E-state index is 10.1. The predicted octanol–water partition coefficient (Wildman–Crippen LogP) is 0.456. The SMILES string of the molecule is CC(C)C[C@@H](CO)N=S(=O)=O. The summed E-state index contributed by atoms with van der Waals surface area (Å²) in [6.07, 6.45) is 0.602. The van der Waals surface area contributed by atoms with Gasteiger partial charge in [0.05, 0.1) is 12.6 Å². The highest BCUT2D eigenvalue weighted by Gasteiger charge is 2.07. The van der Waals surface area contributed by atoms with Crippen LogP contribution < -0.4 is 0 Å². The molecular weight excluding hydrogens is 166 g/mol. The van der Waals surface area contributed by atoms with Gasteiger partial charge in [0, 0.05) is 0 Å². The lowest BCUT2D eigenvalue weighted by atomic mass is 10.1. The first kappa shape index (κ1) is 10.6. The van der Waals surface area contributed by atoms with E-state index in [9.17, 15) is 8.42 Å². The molecule has 0 aromatic rings. The molecule has 0 heterocycles. The van der Waals surface area contributed by atoms with Gasteiger partial charge in [-0.1, -0.05) is 13.8 Å². The van der Waals surface area contributed by atoms with Crippen molar-refractivity contribution in [2.24, 2.45) is 10.3 Å². The molecular formula is C6H13NO3S. The van der Waals surface area contributed by atoms with Gasteiger partial charge in [0.15, 0.2) is 0 Å². The summed E-state index contributed by atoms with van der Waals surface area (Å²) in [6, 6.07) is -0.465. The molecule has 0 fully saturated rings. The van der Waals surface area contributed by atoms with Crippen molar-refractivity contribution in [2.75, 3.05) is 6.61 Å². The number of aliphatic hydroxyl groups excluding tert-OH is 1. The number of hydrogen-bond donors (Lipinski definition) is 1. The summed E-state index contributed by atoms with van der Waals surface area (Å²) in [6.45, 7) is 3.70. The minimum atomic E-state index is -2.40. The monoisotopic (exact) mass is 179 g/mol. The Morgan fingerprint density at radius 2 is 2.00 bits per heavy atom. The lowest BCUT2D eigenvalue weighted by Crippen LogP contribution is -2.12. The van der Waals surface area contributed by atoms with Gasteiger partial charge >= 0.3 is 10.5 Å². The van der Waals surface area contributed by atoms with E-state index < -0.39 is 16.5 Å². The first-order chi connectivity index (χ1) is 5.06. The van der Waals surface area contributed by atoms with Crippen LogP contribution in [0.3, 0.4) is 0 Å². The van der Waals surface area contributed by atoms with Crippen molar-refractivity contribution in [1.82, 2.24) is 0 Å². The molecule has 0 aliphatic rings. The molecule has 11 heavy (non-hydrogen) atoms. The standard InChI is InChI=1S/C6H13NO3S/c1-5(2)3-6(4-8)7-11(9)10/h5-6,8H,3-4H2,1-2H3/t6-/m0/s1. The Hall–Kier alpha value is -0.420. The molecule has 0 saturated heterocycles. The van der Waals surface area contributed by atoms with E-state index in [4.69, 9.17) is 5.11 Å². The van der Waals surface area contributed by atoms with E-state index in [1.807, 2.05) is 13.8 Å². The normalized spacial score (nSPS) is 13.1. The van der Waals surface area contributed by atoms with Crippen LogP contribution in [-0.4, -0.2) is 26.2 Å². The van der Waals surface area contributed by atoms with Crippen molar-refractivity contribution in [2.45, 2.75) is 26.3 Å². The van der Waals surface area contributed by atoms with E-state index in [1.165, 1.54) is 0 Å². The molecule has 0 unspecified atom stereocenters. The van der Waals surface area contributed by atoms with Gasteiger partial charge < -0.3 is 5.11 Å². The lowest BCUT2D eigenvalue weighted by Gasteiger charge is -2.08. The van der Waals surface area contributed by atoms with Gasteiger partial charge in [0.1, 0.15) is 0 Å². The van der Waals surface area contributed by atoms with Crippen LogP contribution in [0.1, 0.15) is 20.3 Å². The van der Waals surface area contributed by atoms with Crippen molar-refractivity contribution in [3.63, 3.8) is 0 Å². The topological polar surface area (TPSA) is 66.7 Å². The largest absolute Gasteiger partial charge is 0.394 e. The van der Waals surface area contributed by atoms with Crippen LogP contribution >= 0.6 is 0 Å². The average Bonchev–Trinajstić information content (AvgIpc) is 1.84. The molecule has 0 aromatic carbocycles. The lowest BCUT2D eigenvalue weighted by molar-refractivity contribution is 0.252. The third-order valence-electron chi connectivity index (χ3n) is 1.19. The third-order valence-corrected chi connectivity index (χ3v) is 1.66. The van der Waals surface area contributed by atoms with Crippen LogP contribution in [0.2, 0.25) is 0 Å². The molecule has 0 aliphatic heterocycles. The minimum Gasteiger partial charge on any atom is -0.394 e. The molecule has 0 amide bonds. The molecule has 4 nitrogen and oxygen atoms in total. The summed E-state index contributed by atoms with van der Waals surface area (Å²) in [7, 11) is -2.40. The zero-order valence-electron chi connectivity index (χ0n) is 6.69. The maximum Gasteiger partial charge on any atom is 0.311 e. The van der Waals surface area contributed by atoms with Crippen molar-refractivity contribution in [3.8, 4) is 0 Å². The smallest absolute Gasteiger partial charge is 0.311 e. The van der Waals surface area contributed by atoms with Gasteiger partial charge in [-0.15, -0.1) is 0 Å². The first-order valence-electron chi connectivity index (χ1n) is 3.47. The second-order valence-corrected chi connectivity index (χ2v) is 3.43. The highest BCUT2D eigenvalue weighted by molar-refractivity contribution is 7.61. The number of aliphatic hydroxyl groups is 1. The second kappa shape index (κ2) is 5.26. The fraction of sp³-hybridized carbons (Fsp3) is 1.00. The maximum absolute atomic E-state index is 10.1. The van der Waals surface area contributed by atoms with Gasteiger partial charge in [-0.05, 0) is 12.3 Å². The third kappa shape index (κ3) is 6.00. The molecule has 0 spiro atoms.